The van der Waals surface area contributed by atoms with Crippen LogP contribution in [-0.2, 0) is 23.8 Å². The number of rotatable bonds is 12. The van der Waals surface area contributed by atoms with E-state index < -0.39 is 24.3 Å². The van der Waals surface area contributed by atoms with E-state index >= 15 is 0 Å². The summed E-state index contributed by atoms with van der Waals surface area (Å²) < 4.78 is 15.6. The first-order valence-electron chi connectivity index (χ1n) is 20.5. The minimum atomic E-state index is -0.689. The summed E-state index contributed by atoms with van der Waals surface area (Å²) in [6, 6.07) is 15.1. The molecule has 0 aliphatic carbocycles. The number of likely N-dealkylation sites (tertiary alicyclic amines) is 2. The second-order valence-electron chi connectivity index (χ2n) is 16.3. The number of amides is 4. The molecule has 1 aromatic heterocycles. The van der Waals surface area contributed by atoms with E-state index in [0.717, 1.165) is 70.7 Å². The maximum absolute atomic E-state index is 13.8. The summed E-state index contributed by atoms with van der Waals surface area (Å²) in [6.45, 7) is 9.84. The fraction of sp³-hybridized carbons (Fsp3) is 0.500. The van der Waals surface area contributed by atoms with Crippen molar-refractivity contribution in [3.63, 3.8) is 0 Å². The molecule has 14 heteroatoms. The van der Waals surface area contributed by atoms with Crippen LogP contribution in [-0.4, -0.2) is 107 Å². The normalized spacial score (nSPS) is 21.5. The third-order valence-electron chi connectivity index (χ3n) is 11.7. The molecule has 5 atom stereocenters. The number of methoxy groups -OCH3 is 1. The monoisotopic (exact) mass is 793 g/mol. The molecule has 14 nitrogen and oxygen atoms in total. The van der Waals surface area contributed by atoms with Gasteiger partial charge in [-0.05, 0) is 65.3 Å². The van der Waals surface area contributed by atoms with E-state index in [1.807, 2.05) is 49.9 Å². The van der Waals surface area contributed by atoms with Gasteiger partial charge in [0.15, 0.2) is 0 Å². The summed E-state index contributed by atoms with van der Waals surface area (Å²) in [6.07, 6.45) is 6.91. The van der Waals surface area contributed by atoms with Gasteiger partial charge in [0.25, 0.3) is 0 Å². The molecule has 3 N–H and O–H groups in total. The second kappa shape index (κ2) is 18.0. The van der Waals surface area contributed by atoms with Crippen molar-refractivity contribution >= 4 is 35.3 Å². The zero-order chi connectivity index (χ0) is 40.9. The third kappa shape index (κ3) is 8.96. The lowest BCUT2D eigenvalue weighted by Crippen LogP contribution is -2.54. The Morgan fingerprint density at radius 2 is 1.34 bits per heavy atom. The summed E-state index contributed by atoms with van der Waals surface area (Å²) in [5, 5.41) is 5.53. The van der Waals surface area contributed by atoms with Crippen LogP contribution >= 0.6 is 0 Å². The van der Waals surface area contributed by atoms with Crippen LogP contribution in [0.1, 0.15) is 83.6 Å². The Bertz CT molecular complexity index is 2020. The number of allylic oxidation sites excluding steroid dienone is 1. The number of imidazole rings is 1. The van der Waals surface area contributed by atoms with Crippen LogP contribution in [0.4, 0.5) is 9.59 Å². The van der Waals surface area contributed by atoms with Crippen LogP contribution in [0.2, 0.25) is 0 Å². The summed E-state index contributed by atoms with van der Waals surface area (Å²) in [7, 11) is 1.29. The van der Waals surface area contributed by atoms with Gasteiger partial charge in [0.1, 0.15) is 24.0 Å². The van der Waals surface area contributed by atoms with E-state index in [4.69, 9.17) is 19.2 Å². The number of ether oxygens (including phenoxy) is 3. The molecule has 0 spiro atoms. The van der Waals surface area contributed by atoms with Crippen molar-refractivity contribution in [1.82, 2.24) is 30.4 Å². The molecule has 7 rings (SSSR count). The van der Waals surface area contributed by atoms with E-state index in [1.54, 1.807) is 0 Å². The molecule has 3 fully saturated rings. The highest BCUT2D eigenvalue weighted by molar-refractivity contribution is 6.04. The number of benzene rings is 2. The fourth-order valence-corrected chi connectivity index (χ4v) is 8.38. The van der Waals surface area contributed by atoms with Crippen molar-refractivity contribution in [3.8, 4) is 22.4 Å². The number of carbonyl (C=O) groups is 4. The van der Waals surface area contributed by atoms with Gasteiger partial charge >= 0.3 is 12.2 Å². The Morgan fingerprint density at radius 3 is 1.93 bits per heavy atom. The van der Waals surface area contributed by atoms with Crippen molar-refractivity contribution in [2.45, 2.75) is 96.5 Å². The topological polar surface area (TPSA) is 168 Å². The molecule has 1 unspecified atom stereocenters. The molecular weight excluding hydrogens is 739 g/mol. The standard InChI is InChI=1S/C44H55N7O7/c1-26(2)38(48-43(54)56-5)42(53)51-20-7-9-37(51)40-46-24-35(47-40)31-16-14-29(15-17-31)28-10-12-30(13-11-28)32-22-34(45-23-32)36-8-6-19-50(36)41(52)39(27(3)4)49-44(55)58-33-18-21-57-25-33/h10-17,23-24,26-27,33,36-39H,6-9,18-22,25H2,1-5H3,(H,46,47)(H,48,54)(H,49,55)/t33-,36+,37?,38+,39+/m1/s1. The van der Waals surface area contributed by atoms with Crippen molar-refractivity contribution in [1.29, 1.82) is 0 Å². The molecule has 4 aliphatic heterocycles. The lowest BCUT2D eigenvalue weighted by Gasteiger charge is -2.31. The maximum Gasteiger partial charge on any atom is 0.408 e. The lowest BCUT2D eigenvalue weighted by atomic mass is 9.95. The van der Waals surface area contributed by atoms with Gasteiger partial charge in [0.05, 0.1) is 44.3 Å². The van der Waals surface area contributed by atoms with Crippen molar-refractivity contribution in [3.05, 3.63) is 72.3 Å². The average molecular weight is 794 g/mol. The Kier molecular flexibility index (Phi) is 12.6. The van der Waals surface area contributed by atoms with Gasteiger partial charge in [0.2, 0.25) is 11.8 Å². The number of H-pyrrole nitrogens is 1. The lowest BCUT2D eigenvalue weighted by molar-refractivity contribution is -0.135. The SMILES string of the molecule is COC(=O)N[C@H](C(=O)N1CCCC1c1ncc(-c2ccc(-c3ccc(C4=CN=C([C@@H]5CCCN5C(=O)[C@@H](NC(=O)O[C@@H]5CCOC5)C(C)C)C4)cc3)cc2)[nH]1)C(C)C. The quantitative estimate of drug-likeness (QED) is 0.187. The number of aliphatic imine (C=N–C) groups is 1. The minimum absolute atomic E-state index is 0.102. The molecule has 0 bridgehead atoms. The van der Waals surface area contributed by atoms with Gasteiger partial charge in [-0.3, -0.25) is 14.6 Å². The number of hydrogen-bond acceptors (Lipinski definition) is 9. The highest BCUT2D eigenvalue weighted by Gasteiger charge is 2.40. The van der Waals surface area contributed by atoms with Gasteiger partial charge in [0, 0.05) is 37.8 Å². The van der Waals surface area contributed by atoms with Gasteiger partial charge in [-0.2, -0.15) is 0 Å². The van der Waals surface area contributed by atoms with Crippen LogP contribution in [0.3, 0.4) is 0 Å². The Labute approximate surface area is 339 Å². The van der Waals surface area contributed by atoms with Crippen molar-refractivity contribution in [2.24, 2.45) is 16.8 Å². The highest BCUT2D eigenvalue weighted by Crippen LogP contribution is 2.35. The van der Waals surface area contributed by atoms with Crippen LogP contribution in [0.25, 0.3) is 28.0 Å². The molecule has 4 amide bonds. The van der Waals surface area contributed by atoms with E-state index in [0.29, 0.717) is 39.1 Å². The van der Waals surface area contributed by atoms with Gasteiger partial charge in [-0.1, -0.05) is 76.2 Å². The van der Waals surface area contributed by atoms with Gasteiger partial charge < -0.3 is 39.6 Å². The fourth-order valence-electron chi connectivity index (χ4n) is 8.38. The molecule has 2 aromatic carbocycles. The number of carbonyl (C=O) groups excluding carboxylic acids is 4. The predicted octanol–water partition coefficient (Wildman–Crippen LogP) is 6.50. The average Bonchev–Trinajstić information content (AvgIpc) is 4.08. The van der Waals surface area contributed by atoms with Gasteiger partial charge in [-0.15, -0.1) is 0 Å². The molecule has 0 saturated carbocycles. The summed E-state index contributed by atoms with van der Waals surface area (Å²) >= 11 is 0. The van der Waals surface area contributed by atoms with Crippen LogP contribution in [0, 0.1) is 11.8 Å². The molecule has 4 aliphatic rings. The van der Waals surface area contributed by atoms with Crippen LogP contribution < -0.4 is 10.6 Å². The molecule has 3 saturated heterocycles. The Morgan fingerprint density at radius 1 is 0.776 bits per heavy atom. The molecule has 5 heterocycles. The first kappa shape index (κ1) is 40.7. The zero-order valence-corrected chi connectivity index (χ0v) is 34.0. The molecule has 308 valence electrons. The summed E-state index contributed by atoms with van der Waals surface area (Å²) in [4.78, 5) is 68.7. The number of aromatic amines is 1. The molecule has 58 heavy (non-hydrogen) atoms. The third-order valence-corrected chi connectivity index (χ3v) is 11.7. The number of alkyl carbamates (subject to hydrolysis) is 2. The number of aromatic nitrogens is 2. The molecular formula is C44H55N7O7. The smallest absolute Gasteiger partial charge is 0.408 e. The summed E-state index contributed by atoms with van der Waals surface area (Å²) in [5.74, 6) is 0.277. The van der Waals surface area contributed by atoms with E-state index in [9.17, 15) is 19.2 Å². The first-order valence-corrected chi connectivity index (χ1v) is 20.5. The minimum Gasteiger partial charge on any atom is -0.453 e. The maximum atomic E-state index is 13.8. The van der Waals surface area contributed by atoms with E-state index in [2.05, 4.69) is 69.1 Å². The Hall–Kier alpha value is -5.50. The van der Waals surface area contributed by atoms with E-state index in [-0.39, 0.29) is 41.8 Å². The largest absolute Gasteiger partial charge is 0.453 e. The van der Waals surface area contributed by atoms with Gasteiger partial charge in [-0.25, -0.2) is 14.6 Å². The first-order chi connectivity index (χ1) is 28.0. The summed E-state index contributed by atoms with van der Waals surface area (Å²) in [5.41, 5.74) is 7.17. The number of nitrogens with zero attached hydrogens (tertiary/aromatic N) is 4. The zero-order valence-electron chi connectivity index (χ0n) is 34.0. The van der Waals surface area contributed by atoms with Crippen LogP contribution in [0.5, 0.6) is 0 Å². The Balaban J connectivity index is 0.948. The van der Waals surface area contributed by atoms with Crippen LogP contribution in [0.15, 0.2) is 65.9 Å². The molecule has 3 aromatic rings. The van der Waals surface area contributed by atoms with Crippen molar-refractivity contribution in [2.75, 3.05) is 33.4 Å². The number of nitrogens with one attached hydrogen (secondary N) is 3. The molecule has 0 radical (unpaired) electrons. The second-order valence-corrected chi connectivity index (χ2v) is 16.3. The van der Waals surface area contributed by atoms with E-state index in [1.165, 1.54) is 7.11 Å². The predicted molar refractivity (Wildman–Crippen MR) is 220 cm³/mol. The van der Waals surface area contributed by atoms with Crippen molar-refractivity contribution < 1.29 is 33.4 Å². The number of hydrogen-bond donors (Lipinski definition) is 3. The highest BCUT2D eigenvalue weighted by atomic mass is 16.6.